The van der Waals surface area contributed by atoms with Crippen molar-refractivity contribution < 1.29 is 28.6 Å². The first-order valence-electron chi connectivity index (χ1n) is 30.9. The van der Waals surface area contributed by atoms with Gasteiger partial charge in [0.05, 0.1) is 39.1 Å². The van der Waals surface area contributed by atoms with Gasteiger partial charge in [0.2, 0.25) is 0 Å². The lowest BCUT2D eigenvalue weighted by atomic mass is 10.1. The number of esters is 3. The molecule has 0 aliphatic heterocycles. The van der Waals surface area contributed by atoms with Gasteiger partial charge in [-0.1, -0.05) is 231 Å². The number of nitrogens with zero attached hydrogens (tertiary/aromatic N) is 1. The molecule has 0 spiro atoms. The summed E-state index contributed by atoms with van der Waals surface area (Å²) in [5.74, 6) is -0.695. The maximum atomic E-state index is 12.7. The molecule has 71 heavy (non-hydrogen) atoms. The second kappa shape index (κ2) is 60.1. The molecular formula is C63H118N2O6. The van der Waals surface area contributed by atoms with Gasteiger partial charge in [-0.05, 0) is 96.3 Å². The number of hydrogen-bond donors (Lipinski definition) is 1. The van der Waals surface area contributed by atoms with Crippen LogP contribution in [0.5, 0.6) is 0 Å². The summed E-state index contributed by atoms with van der Waals surface area (Å²) < 4.78 is 16.7. The molecule has 0 aliphatic rings. The van der Waals surface area contributed by atoms with Crippen LogP contribution in [0.2, 0.25) is 0 Å². The molecule has 1 N–H and O–H groups in total. The van der Waals surface area contributed by atoms with Crippen LogP contribution in [0.3, 0.4) is 0 Å². The highest BCUT2D eigenvalue weighted by Gasteiger charge is 2.13. The highest BCUT2D eigenvalue weighted by molar-refractivity contribution is 5.70. The molecule has 0 saturated heterocycles. The van der Waals surface area contributed by atoms with E-state index in [1.165, 1.54) is 231 Å². The lowest BCUT2D eigenvalue weighted by molar-refractivity contribution is -0.146. The minimum absolute atomic E-state index is 0.213. The van der Waals surface area contributed by atoms with Crippen LogP contribution in [-0.4, -0.2) is 62.4 Å². The van der Waals surface area contributed by atoms with Gasteiger partial charge in [-0.15, -0.1) is 0 Å². The van der Waals surface area contributed by atoms with Crippen molar-refractivity contribution in [1.29, 1.82) is 0 Å². The molecule has 8 nitrogen and oxygen atoms in total. The molecule has 0 aromatic rings. The summed E-state index contributed by atoms with van der Waals surface area (Å²) in [6, 6.07) is 0. The topological polar surface area (TPSA) is 94.2 Å². The van der Waals surface area contributed by atoms with Crippen LogP contribution in [0.25, 0.3) is 0 Å². The largest absolute Gasteiger partial charge is 0.466 e. The predicted molar refractivity (Wildman–Crippen MR) is 305 cm³/mol. The molecule has 0 unspecified atom stereocenters. The van der Waals surface area contributed by atoms with E-state index in [1.54, 1.807) is 0 Å². The van der Waals surface area contributed by atoms with Crippen molar-refractivity contribution in [2.75, 3.05) is 39.5 Å². The summed E-state index contributed by atoms with van der Waals surface area (Å²) in [5, 5.41) is 1.86. The van der Waals surface area contributed by atoms with Crippen molar-refractivity contribution in [2.45, 2.75) is 310 Å². The standard InChI is InChI=1S/C63H118N2O6/c1-4-7-10-13-16-19-22-25-28-31-34-37-40-43-46-49-58-69-61(66)52-55-64-65(56-53-62(67)70-59-50-47-44-41-38-35-32-29-26-23-20-17-14-11-8-5-2)57-54-63(68)71-60-51-48-45-42-39-36-33-30-27-24-21-18-15-12-9-6-3/h25-30,64H,4-24,31-60H2,1-3H3/b28-25-,29-26-,30-27-. The molecule has 0 aromatic carbocycles. The van der Waals surface area contributed by atoms with Gasteiger partial charge in [0.1, 0.15) is 0 Å². The summed E-state index contributed by atoms with van der Waals surface area (Å²) in [6.07, 6.45) is 67.2. The average Bonchev–Trinajstić information content (AvgIpc) is 3.37. The van der Waals surface area contributed by atoms with E-state index < -0.39 is 0 Å². The second-order valence-electron chi connectivity index (χ2n) is 20.6. The summed E-state index contributed by atoms with van der Waals surface area (Å²) in [7, 11) is 0. The lowest BCUT2D eigenvalue weighted by Crippen LogP contribution is -2.42. The molecule has 0 radical (unpaired) electrons. The number of carbonyl (C=O) groups is 3. The molecule has 8 heteroatoms. The lowest BCUT2D eigenvalue weighted by Gasteiger charge is -2.22. The fraction of sp³-hybridized carbons (Fsp3) is 0.857. The zero-order valence-corrected chi connectivity index (χ0v) is 47.4. The van der Waals surface area contributed by atoms with E-state index in [-0.39, 0.29) is 37.2 Å². The molecule has 0 fully saturated rings. The third-order valence-electron chi connectivity index (χ3n) is 13.6. The summed E-state index contributed by atoms with van der Waals surface area (Å²) in [5.41, 5.74) is 3.27. The Kier molecular flexibility index (Phi) is 58.0. The monoisotopic (exact) mass is 999 g/mol. The Labute approximate surface area is 440 Å². The minimum atomic E-state index is -0.234. The van der Waals surface area contributed by atoms with Crippen molar-refractivity contribution in [1.82, 2.24) is 10.4 Å². The normalized spacial score (nSPS) is 11.8. The summed E-state index contributed by atoms with van der Waals surface area (Å²) in [6.45, 7) is 9.30. The summed E-state index contributed by atoms with van der Waals surface area (Å²) >= 11 is 0. The highest BCUT2D eigenvalue weighted by Crippen LogP contribution is 2.14. The van der Waals surface area contributed by atoms with Gasteiger partial charge in [-0.25, -0.2) is 5.01 Å². The Morgan fingerprint density at radius 1 is 0.310 bits per heavy atom. The van der Waals surface area contributed by atoms with Gasteiger partial charge in [0, 0.05) is 19.6 Å². The zero-order chi connectivity index (χ0) is 51.4. The van der Waals surface area contributed by atoms with Crippen molar-refractivity contribution in [2.24, 2.45) is 0 Å². The van der Waals surface area contributed by atoms with Crippen LogP contribution in [0.4, 0.5) is 0 Å². The quantitative estimate of drug-likeness (QED) is 0.0212. The van der Waals surface area contributed by atoms with Crippen molar-refractivity contribution in [3.63, 3.8) is 0 Å². The molecule has 0 atom stereocenters. The van der Waals surface area contributed by atoms with E-state index in [9.17, 15) is 14.4 Å². The molecule has 0 bridgehead atoms. The summed E-state index contributed by atoms with van der Waals surface area (Å²) in [4.78, 5) is 37.9. The Balaban J connectivity index is 4.34. The SMILES string of the molecule is CCCCCCCC/C=C\CCCCCCCCOC(=O)CCNN(CCC(=O)OCCCCCCCC/C=C\CCCCCCCC)CCC(=O)OCCCCCCCC/C=C\CCCCCCCC. The van der Waals surface area contributed by atoms with Gasteiger partial charge in [-0.2, -0.15) is 0 Å². The van der Waals surface area contributed by atoms with Crippen molar-refractivity contribution in [3.8, 4) is 0 Å². The third-order valence-corrected chi connectivity index (χ3v) is 13.6. The van der Waals surface area contributed by atoms with Crippen LogP contribution in [0.15, 0.2) is 36.5 Å². The maximum absolute atomic E-state index is 12.7. The van der Waals surface area contributed by atoms with Gasteiger partial charge in [0.25, 0.3) is 0 Å². The fourth-order valence-electron chi connectivity index (χ4n) is 8.86. The third kappa shape index (κ3) is 58.3. The van der Waals surface area contributed by atoms with Crippen LogP contribution in [0, 0.1) is 0 Å². The van der Waals surface area contributed by atoms with E-state index in [0.29, 0.717) is 39.5 Å². The number of carbonyl (C=O) groups excluding carboxylic acids is 3. The highest BCUT2D eigenvalue weighted by atomic mass is 16.5. The van der Waals surface area contributed by atoms with E-state index in [4.69, 9.17) is 14.2 Å². The van der Waals surface area contributed by atoms with Crippen molar-refractivity contribution >= 4 is 17.9 Å². The molecule has 0 heterocycles. The molecule has 0 saturated carbocycles. The Morgan fingerprint density at radius 3 is 0.803 bits per heavy atom. The Morgan fingerprint density at radius 2 is 0.535 bits per heavy atom. The average molecular weight is 1000 g/mol. The molecule has 0 aromatic heterocycles. The fourth-order valence-corrected chi connectivity index (χ4v) is 8.86. The van der Waals surface area contributed by atoms with Crippen molar-refractivity contribution in [3.05, 3.63) is 36.5 Å². The first kappa shape index (κ1) is 68.6. The molecular weight excluding hydrogens is 881 g/mol. The Bertz CT molecular complexity index is 1140. The van der Waals surface area contributed by atoms with E-state index >= 15 is 0 Å². The van der Waals surface area contributed by atoms with Crippen LogP contribution >= 0.6 is 0 Å². The smallest absolute Gasteiger partial charge is 0.307 e. The maximum Gasteiger partial charge on any atom is 0.307 e. The number of nitrogens with one attached hydrogen (secondary N) is 1. The molecule has 416 valence electrons. The molecule has 0 amide bonds. The number of rotatable bonds is 58. The van der Waals surface area contributed by atoms with Crippen LogP contribution in [0.1, 0.15) is 310 Å². The Hall–Kier alpha value is -2.45. The number of hydrogen-bond acceptors (Lipinski definition) is 8. The minimum Gasteiger partial charge on any atom is -0.466 e. The van der Waals surface area contributed by atoms with Gasteiger partial charge in [-0.3, -0.25) is 19.8 Å². The first-order valence-corrected chi connectivity index (χ1v) is 30.9. The zero-order valence-electron chi connectivity index (χ0n) is 47.4. The van der Waals surface area contributed by atoms with Gasteiger partial charge < -0.3 is 14.2 Å². The predicted octanol–water partition coefficient (Wildman–Crippen LogP) is 18.7. The van der Waals surface area contributed by atoms with E-state index in [2.05, 4.69) is 62.7 Å². The number of allylic oxidation sites excluding steroid dienone is 6. The number of unbranched alkanes of at least 4 members (excludes halogenated alkanes) is 36. The first-order chi connectivity index (χ1) is 35.0. The number of hydrazine groups is 1. The second-order valence-corrected chi connectivity index (χ2v) is 20.6. The van der Waals surface area contributed by atoms with Crippen LogP contribution < -0.4 is 5.43 Å². The number of ether oxygens (including phenoxy) is 3. The van der Waals surface area contributed by atoms with Crippen LogP contribution in [-0.2, 0) is 28.6 Å². The van der Waals surface area contributed by atoms with Gasteiger partial charge in [0.15, 0.2) is 0 Å². The molecule has 0 aliphatic carbocycles. The molecule has 0 rings (SSSR count). The van der Waals surface area contributed by atoms with Gasteiger partial charge >= 0.3 is 17.9 Å². The van der Waals surface area contributed by atoms with E-state index in [1.807, 2.05) is 5.01 Å². The van der Waals surface area contributed by atoms with E-state index in [0.717, 1.165) is 38.5 Å².